The summed E-state index contributed by atoms with van der Waals surface area (Å²) < 4.78 is 5.53. The lowest BCUT2D eigenvalue weighted by atomic mass is 10.0. The molecule has 8 heteroatoms. The molecule has 0 aromatic heterocycles. The van der Waals surface area contributed by atoms with Crippen molar-refractivity contribution in [2.45, 2.75) is 51.8 Å². The molecule has 1 aliphatic rings. The fourth-order valence-electron chi connectivity index (χ4n) is 4.21. The predicted octanol–water partition coefficient (Wildman–Crippen LogP) is 2.12. The van der Waals surface area contributed by atoms with E-state index < -0.39 is 29.4 Å². The first-order chi connectivity index (χ1) is 16.7. The monoisotopic (exact) mass is 479 g/mol. The van der Waals surface area contributed by atoms with Crippen LogP contribution in [-0.2, 0) is 36.9 Å². The van der Waals surface area contributed by atoms with Gasteiger partial charge < -0.3 is 20.7 Å². The van der Waals surface area contributed by atoms with E-state index in [4.69, 9.17) is 4.74 Å². The summed E-state index contributed by atoms with van der Waals surface area (Å²) in [5.74, 6) is -1.71. The molecule has 3 amide bonds. The molecule has 3 atom stereocenters. The molecule has 1 saturated carbocycles. The maximum Gasteiger partial charge on any atom is 0.329 e. The highest BCUT2D eigenvalue weighted by atomic mass is 16.5. The third kappa shape index (κ3) is 7.15. The van der Waals surface area contributed by atoms with Crippen molar-refractivity contribution in [2.75, 3.05) is 6.54 Å². The molecule has 0 spiro atoms. The number of benzene rings is 2. The lowest BCUT2D eigenvalue weighted by Gasteiger charge is -2.24. The molecule has 1 fully saturated rings. The minimum atomic E-state index is -1.13. The van der Waals surface area contributed by atoms with Gasteiger partial charge in [0.1, 0.15) is 18.2 Å². The van der Waals surface area contributed by atoms with Gasteiger partial charge in [0, 0.05) is 13.3 Å². The minimum absolute atomic E-state index is 0.0820. The van der Waals surface area contributed by atoms with Gasteiger partial charge in [0.2, 0.25) is 17.7 Å². The van der Waals surface area contributed by atoms with Crippen molar-refractivity contribution >= 4 is 23.7 Å². The van der Waals surface area contributed by atoms with E-state index >= 15 is 0 Å². The Morgan fingerprint density at radius 2 is 1.57 bits per heavy atom. The van der Waals surface area contributed by atoms with Crippen LogP contribution in [0.25, 0.3) is 0 Å². The number of amides is 3. The summed E-state index contributed by atoms with van der Waals surface area (Å²) in [7, 11) is 0. The Bertz CT molecular complexity index is 1040. The Morgan fingerprint density at radius 1 is 0.971 bits per heavy atom. The molecule has 0 radical (unpaired) electrons. The van der Waals surface area contributed by atoms with E-state index in [1.54, 1.807) is 0 Å². The molecule has 3 N–H and O–H groups in total. The summed E-state index contributed by atoms with van der Waals surface area (Å²) in [6, 6.07) is 17.7. The molecule has 0 bridgehead atoms. The molecular weight excluding hydrogens is 446 g/mol. The minimum Gasteiger partial charge on any atom is -0.459 e. The highest BCUT2D eigenvalue weighted by molar-refractivity contribution is 5.97. The molecule has 35 heavy (non-hydrogen) atoms. The first-order valence-electron chi connectivity index (χ1n) is 11.8. The highest BCUT2D eigenvalue weighted by Crippen LogP contribution is 2.48. The van der Waals surface area contributed by atoms with Crippen LogP contribution in [0.1, 0.15) is 38.3 Å². The van der Waals surface area contributed by atoms with Crippen molar-refractivity contribution in [3.05, 3.63) is 71.8 Å². The summed E-state index contributed by atoms with van der Waals surface area (Å²) >= 11 is 0. The summed E-state index contributed by atoms with van der Waals surface area (Å²) in [5, 5.41) is 8.09. The standard InChI is InChI=1S/C27H33N3O5/c1-18(2)22-15-27(22,30-24(32)16-28-19(3)31)26(34)29-23(14-20-10-6-4-7-11-20)25(33)35-17-21-12-8-5-9-13-21/h4-13,18,22-23H,14-17H2,1-3H3,(H,28,31)(H,29,34)(H,30,32)/t22?,23-,27?/m0/s1. The van der Waals surface area contributed by atoms with Gasteiger partial charge in [0.25, 0.3) is 0 Å². The Balaban J connectivity index is 1.74. The average Bonchev–Trinajstić information content (AvgIpc) is 3.58. The van der Waals surface area contributed by atoms with Crippen LogP contribution >= 0.6 is 0 Å². The van der Waals surface area contributed by atoms with Crippen LogP contribution in [0.5, 0.6) is 0 Å². The second kappa shape index (κ2) is 11.6. The predicted molar refractivity (Wildman–Crippen MR) is 131 cm³/mol. The summed E-state index contributed by atoms with van der Waals surface area (Å²) in [6.07, 6.45) is 0.710. The van der Waals surface area contributed by atoms with Crippen molar-refractivity contribution in [1.82, 2.24) is 16.0 Å². The largest absolute Gasteiger partial charge is 0.459 e. The molecule has 0 saturated heterocycles. The molecule has 2 unspecified atom stereocenters. The molecule has 0 heterocycles. The Morgan fingerprint density at radius 3 is 2.11 bits per heavy atom. The van der Waals surface area contributed by atoms with E-state index in [0.29, 0.717) is 6.42 Å². The van der Waals surface area contributed by atoms with Gasteiger partial charge in [-0.25, -0.2) is 4.79 Å². The molecule has 2 aromatic carbocycles. The first-order valence-corrected chi connectivity index (χ1v) is 11.8. The molecule has 8 nitrogen and oxygen atoms in total. The third-order valence-electron chi connectivity index (χ3n) is 6.18. The number of hydrogen-bond donors (Lipinski definition) is 3. The quantitative estimate of drug-likeness (QED) is 0.427. The van der Waals surface area contributed by atoms with Crippen LogP contribution in [0.15, 0.2) is 60.7 Å². The van der Waals surface area contributed by atoms with Crippen LogP contribution in [-0.4, -0.2) is 41.8 Å². The van der Waals surface area contributed by atoms with Crippen molar-refractivity contribution < 1.29 is 23.9 Å². The van der Waals surface area contributed by atoms with Crippen molar-refractivity contribution in [1.29, 1.82) is 0 Å². The van der Waals surface area contributed by atoms with Crippen LogP contribution < -0.4 is 16.0 Å². The number of ether oxygens (including phenoxy) is 1. The Hall–Kier alpha value is -3.68. The number of esters is 1. The molecule has 186 valence electrons. The van der Waals surface area contributed by atoms with Crippen LogP contribution in [0, 0.1) is 11.8 Å². The molecule has 1 aliphatic carbocycles. The molecule has 0 aliphatic heterocycles. The fraction of sp³-hybridized carbons (Fsp3) is 0.407. The van der Waals surface area contributed by atoms with E-state index in [1.807, 2.05) is 74.5 Å². The zero-order valence-electron chi connectivity index (χ0n) is 20.4. The van der Waals surface area contributed by atoms with Crippen LogP contribution in [0.4, 0.5) is 0 Å². The number of hydrogen-bond acceptors (Lipinski definition) is 5. The Labute approximate surface area is 205 Å². The first kappa shape index (κ1) is 25.9. The fourth-order valence-corrected chi connectivity index (χ4v) is 4.21. The molecular formula is C27H33N3O5. The van der Waals surface area contributed by atoms with Gasteiger partial charge in [-0.15, -0.1) is 0 Å². The topological polar surface area (TPSA) is 114 Å². The zero-order valence-corrected chi connectivity index (χ0v) is 20.4. The molecule has 3 rings (SSSR count). The van der Waals surface area contributed by atoms with Gasteiger partial charge in [-0.1, -0.05) is 74.5 Å². The number of carbonyl (C=O) groups excluding carboxylic acids is 4. The number of rotatable bonds is 11. The van der Waals surface area contributed by atoms with Gasteiger partial charge in [0.15, 0.2) is 0 Å². The van der Waals surface area contributed by atoms with Crippen LogP contribution in [0.3, 0.4) is 0 Å². The van der Waals surface area contributed by atoms with E-state index in [2.05, 4.69) is 16.0 Å². The number of carbonyl (C=O) groups is 4. The normalized spacial score (nSPS) is 19.4. The number of nitrogens with one attached hydrogen (secondary N) is 3. The van der Waals surface area contributed by atoms with Gasteiger partial charge >= 0.3 is 5.97 Å². The summed E-state index contributed by atoms with van der Waals surface area (Å²) in [5.41, 5.74) is 0.585. The van der Waals surface area contributed by atoms with E-state index in [-0.39, 0.29) is 37.3 Å². The summed E-state index contributed by atoms with van der Waals surface area (Å²) in [4.78, 5) is 50.1. The van der Waals surface area contributed by atoms with E-state index in [0.717, 1.165) is 11.1 Å². The lowest BCUT2D eigenvalue weighted by Crippen LogP contribution is -2.56. The van der Waals surface area contributed by atoms with E-state index in [1.165, 1.54) is 6.92 Å². The molecule has 2 aromatic rings. The van der Waals surface area contributed by atoms with Gasteiger partial charge in [-0.05, 0) is 29.4 Å². The van der Waals surface area contributed by atoms with Crippen molar-refractivity contribution in [2.24, 2.45) is 11.8 Å². The van der Waals surface area contributed by atoms with Gasteiger partial charge in [-0.3, -0.25) is 14.4 Å². The van der Waals surface area contributed by atoms with Gasteiger partial charge in [0.05, 0.1) is 6.54 Å². The SMILES string of the molecule is CC(=O)NCC(=O)NC1(C(=O)N[C@@H](Cc2ccccc2)C(=O)OCc2ccccc2)CC1C(C)C. The summed E-state index contributed by atoms with van der Waals surface area (Å²) in [6.45, 7) is 5.15. The second-order valence-electron chi connectivity index (χ2n) is 9.29. The zero-order chi connectivity index (χ0) is 25.4. The maximum absolute atomic E-state index is 13.5. The second-order valence-corrected chi connectivity index (χ2v) is 9.29. The van der Waals surface area contributed by atoms with Gasteiger partial charge in [-0.2, -0.15) is 0 Å². The maximum atomic E-state index is 13.5. The van der Waals surface area contributed by atoms with Crippen molar-refractivity contribution in [3.8, 4) is 0 Å². The van der Waals surface area contributed by atoms with Crippen LogP contribution in [0.2, 0.25) is 0 Å². The smallest absolute Gasteiger partial charge is 0.329 e. The highest BCUT2D eigenvalue weighted by Gasteiger charge is 2.62. The van der Waals surface area contributed by atoms with E-state index in [9.17, 15) is 19.2 Å². The van der Waals surface area contributed by atoms with Crippen molar-refractivity contribution in [3.63, 3.8) is 0 Å². The lowest BCUT2D eigenvalue weighted by molar-refractivity contribution is -0.149. The average molecular weight is 480 g/mol. The Kier molecular flexibility index (Phi) is 8.63. The third-order valence-corrected chi connectivity index (χ3v) is 6.18.